The van der Waals surface area contributed by atoms with Crippen LogP contribution in [0.5, 0.6) is 0 Å². The van der Waals surface area contributed by atoms with Crippen LogP contribution in [0.4, 0.5) is 0 Å². The van der Waals surface area contributed by atoms with Gasteiger partial charge < -0.3 is 23.7 Å². The molecule has 0 spiro atoms. The second kappa shape index (κ2) is 12.8. The number of fused-ring (bicyclic) bond motifs is 1. The topological polar surface area (TPSA) is 46.2 Å². The zero-order valence-corrected chi connectivity index (χ0v) is 21.6. The van der Waals surface area contributed by atoms with Gasteiger partial charge in [0.1, 0.15) is 6.10 Å². The third-order valence-electron chi connectivity index (χ3n) is 7.48. The Morgan fingerprint density at radius 1 is 0.853 bits per heavy atom. The number of ether oxygens (including phenoxy) is 5. The van der Waals surface area contributed by atoms with E-state index in [1.54, 1.807) is 0 Å². The molecule has 0 radical (unpaired) electrons. The first-order valence-electron chi connectivity index (χ1n) is 13.9. The van der Waals surface area contributed by atoms with Gasteiger partial charge in [-0.2, -0.15) is 0 Å². The molecule has 5 heteroatoms. The highest BCUT2D eigenvalue weighted by atomic mass is 16.8. The van der Waals surface area contributed by atoms with E-state index in [1.165, 1.54) is 56.9 Å². The van der Waals surface area contributed by atoms with Gasteiger partial charge in [0.15, 0.2) is 12.1 Å². The molecular formula is C29H46O5. The molecule has 0 unspecified atom stereocenters. The minimum Gasteiger partial charge on any atom is -0.371 e. The lowest BCUT2D eigenvalue weighted by Gasteiger charge is -2.27. The number of rotatable bonds is 14. The fourth-order valence-corrected chi connectivity index (χ4v) is 5.64. The van der Waals surface area contributed by atoms with Gasteiger partial charge in [0.05, 0.1) is 31.0 Å². The second-order valence-electron chi connectivity index (χ2n) is 10.8. The summed E-state index contributed by atoms with van der Waals surface area (Å²) in [5.74, 6) is -0.550. The molecule has 3 fully saturated rings. The van der Waals surface area contributed by atoms with E-state index < -0.39 is 5.79 Å². The van der Waals surface area contributed by atoms with E-state index in [1.807, 2.05) is 13.8 Å². The van der Waals surface area contributed by atoms with Gasteiger partial charge in [-0.1, -0.05) is 88.6 Å². The normalized spacial score (nSPS) is 31.1. The summed E-state index contributed by atoms with van der Waals surface area (Å²) >= 11 is 0. The van der Waals surface area contributed by atoms with Gasteiger partial charge in [-0.15, -0.1) is 0 Å². The maximum absolute atomic E-state index is 6.57. The van der Waals surface area contributed by atoms with Gasteiger partial charge in [-0.3, -0.25) is 0 Å². The highest BCUT2D eigenvalue weighted by Crippen LogP contribution is 2.41. The summed E-state index contributed by atoms with van der Waals surface area (Å²) in [6, 6.07) is 10.5. The molecule has 5 nitrogen and oxygen atoms in total. The molecule has 3 saturated heterocycles. The van der Waals surface area contributed by atoms with Gasteiger partial charge in [-0.25, -0.2) is 0 Å². The number of hydrogen-bond donors (Lipinski definition) is 0. The molecule has 0 N–H and O–H groups in total. The maximum Gasteiger partial charge on any atom is 0.187 e. The molecule has 34 heavy (non-hydrogen) atoms. The minimum atomic E-state index is -0.550. The first kappa shape index (κ1) is 26.1. The van der Waals surface area contributed by atoms with Crippen LogP contribution in [-0.2, 0) is 30.3 Å². The zero-order valence-electron chi connectivity index (χ0n) is 21.6. The van der Waals surface area contributed by atoms with Gasteiger partial charge in [0, 0.05) is 6.42 Å². The van der Waals surface area contributed by atoms with Crippen LogP contribution >= 0.6 is 0 Å². The number of hydrogen-bond acceptors (Lipinski definition) is 5. The van der Waals surface area contributed by atoms with Crippen molar-refractivity contribution in [2.75, 3.05) is 0 Å². The fourth-order valence-electron chi connectivity index (χ4n) is 5.64. The lowest BCUT2D eigenvalue weighted by atomic mass is 10.0. The Balaban J connectivity index is 1.24. The quantitative estimate of drug-likeness (QED) is 0.274. The Hall–Kier alpha value is -0.980. The average Bonchev–Trinajstić information content (AvgIpc) is 3.51. The van der Waals surface area contributed by atoms with E-state index >= 15 is 0 Å². The first-order chi connectivity index (χ1) is 16.5. The largest absolute Gasteiger partial charge is 0.371 e. The van der Waals surface area contributed by atoms with Crippen molar-refractivity contribution in [3.8, 4) is 0 Å². The molecule has 3 heterocycles. The Labute approximate surface area is 206 Å². The molecule has 4 rings (SSSR count). The van der Waals surface area contributed by atoms with Crippen molar-refractivity contribution in [2.24, 2.45) is 0 Å². The van der Waals surface area contributed by atoms with Crippen LogP contribution in [0.25, 0.3) is 0 Å². The Morgan fingerprint density at radius 3 is 2.32 bits per heavy atom. The van der Waals surface area contributed by atoms with Crippen molar-refractivity contribution in [3.05, 3.63) is 35.9 Å². The molecule has 0 amide bonds. The molecule has 0 aliphatic carbocycles. The van der Waals surface area contributed by atoms with Crippen LogP contribution in [0.1, 0.15) is 103 Å². The van der Waals surface area contributed by atoms with Crippen LogP contribution in [0.2, 0.25) is 0 Å². The maximum atomic E-state index is 6.57. The van der Waals surface area contributed by atoms with Crippen LogP contribution < -0.4 is 0 Å². The van der Waals surface area contributed by atoms with Gasteiger partial charge in [0.25, 0.3) is 0 Å². The summed E-state index contributed by atoms with van der Waals surface area (Å²) in [7, 11) is 0. The predicted molar refractivity (Wildman–Crippen MR) is 133 cm³/mol. The number of benzene rings is 1. The summed E-state index contributed by atoms with van der Waals surface area (Å²) < 4.78 is 31.2. The SMILES string of the molecule is CCCCCCCCCC[C@@H](OCc1ccccc1)[C@H]1CC[C@H]([C@@H]2C[C@H]3OC(C)(C)O[C@H]3O2)O1. The van der Waals surface area contributed by atoms with Crippen molar-refractivity contribution in [1.29, 1.82) is 0 Å². The lowest BCUT2D eigenvalue weighted by Crippen LogP contribution is -2.34. The van der Waals surface area contributed by atoms with Crippen LogP contribution in [0.3, 0.4) is 0 Å². The van der Waals surface area contributed by atoms with E-state index in [4.69, 9.17) is 23.7 Å². The molecule has 3 aliphatic heterocycles. The van der Waals surface area contributed by atoms with Gasteiger partial charge in [0.2, 0.25) is 0 Å². The molecular weight excluding hydrogens is 428 g/mol. The fraction of sp³-hybridized carbons (Fsp3) is 0.793. The molecule has 0 bridgehead atoms. The third-order valence-corrected chi connectivity index (χ3v) is 7.48. The molecule has 1 aromatic rings. The summed E-state index contributed by atoms with van der Waals surface area (Å²) in [6.07, 6.45) is 14.8. The summed E-state index contributed by atoms with van der Waals surface area (Å²) in [5, 5.41) is 0. The standard InChI is InChI=1S/C29H46O5/c1-4-5-6-7-8-9-10-14-17-23(30-21-22-15-12-11-13-16-22)24-18-19-25(31-24)26-20-27-28(32-26)34-29(2,3)33-27/h11-13,15-16,23-28H,4-10,14,17-21H2,1-3H3/t23-,24-,25-,26+,27-,28-/m1/s1. The van der Waals surface area contributed by atoms with Crippen LogP contribution in [0.15, 0.2) is 30.3 Å². The highest BCUT2D eigenvalue weighted by molar-refractivity contribution is 5.13. The van der Waals surface area contributed by atoms with Crippen molar-refractivity contribution < 1.29 is 23.7 Å². The number of unbranched alkanes of at least 4 members (excludes halogenated alkanes) is 7. The second-order valence-corrected chi connectivity index (χ2v) is 10.8. The zero-order chi connectivity index (χ0) is 23.8. The molecule has 1 aromatic carbocycles. The minimum absolute atomic E-state index is 0.0186. The van der Waals surface area contributed by atoms with E-state index in [0.29, 0.717) is 6.61 Å². The van der Waals surface area contributed by atoms with Crippen LogP contribution in [-0.4, -0.2) is 42.6 Å². The van der Waals surface area contributed by atoms with Crippen molar-refractivity contribution in [2.45, 2.75) is 147 Å². The Kier molecular flexibility index (Phi) is 9.84. The summed E-state index contributed by atoms with van der Waals surface area (Å²) in [4.78, 5) is 0. The smallest absolute Gasteiger partial charge is 0.187 e. The Morgan fingerprint density at radius 2 is 1.59 bits per heavy atom. The third kappa shape index (κ3) is 7.51. The molecule has 192 valence electrons. The molecule has 0 saturated carbocycles. The average molecular weight is 475 g/mol. The van der Waals surface area contributed by atoms with Crippen molar-refractivity contribution in [3.63, 3.8) is 0 Å². The van der Waals surface area contributed by atoms with Crippen molar-refractivity contribution >= 4 is 0 Å². The molecule has 3 aliphatic rings. The van der Waals surface area contributed by atoms with E-state index in [9.17, 15) is 0 Å². The van der Waals surface area contributed by atoms with Gasteiger partial charge >= 0.3 is 0 Å². The Bertz CT molecular complexity index is 692. The van der Waals surface area contributed by atoms with E-state index in [0.717, 1.165) is 25.7 Å². The van der Waals surface area contributed by atoms with E-state index in [-0.39, 0.29) is 36.8 Å². The van der Waals surface area contributed by atoms with E-state index in [2.05, 4.69) is 37.3 Å². The monoisotopic (exact) mass is 474 g/mol. The van der Waals surface area contributed by atoms with Crippen LogP contribution in [0, 0.1) is 0 Å². The van der Waals surface area contributed by atoms with Gasteiger partial charge in [-0.05, 0) is 38.7 Å². The summed E-state index contributed by atoms with van der Waals surface area (Å²) in [5.41, 5.74) is 1.22. The lowest BCUT2D eigenvalue weighted by molar-refractivity contribution is -0.217. The summed E-state index contributed by atoms with van der Waals surface area (Å²) in [6.45, 7) is 6.82. The van der Waals surface area contributed by atoms with Crippen molar-refractivity contribution in [1.82, 2.24) is 0 Å². The molecule has 0 aromatic heterocycles. The molecule has 6 atom stereocenters. The highest BCUT2D eigenvalue weighted by Gasteiger charge is 2.51. The first-order valence-corrected chi connectivity index (χ1v) is 13.9. The predicted octanol–water partition coefficient (Wildman–Crippen LogP) is 6.92.